The van der Waals surface area contributed by atoms with Crippen molar-refractivity contribution in [1.82, 2.24) is 10.2 Å². The molecule has 11 heteroatoms. The number of esters is 1. The molecule has 3 aromatic rings. The Morgan fingerprint density at radius 1 is 1.10 bits per heavy atom. The lowest BCUT2D eigenvalue weighted by Crippen LogP contribution is -2.59. The average molecular weight is 759 g/mol. The maximum absolute atomic E-state index is 15.0. The number of hydrogen-bond donors (Lipinski definition) is 2. The van der Waals surface area contributed by atoms with Crippen molar-refractivity contribution in [2.45, 2.75) is 67.3 Å². The number of nitrogens with one attached hydrogen (secondary N) is 1. The van der Waals surface area contributed by atoms with Crippen molar-refractivity contribution < 1.29 is 33.8 Å². The van der Waals surface area contributed by atoms with Crippen LogP contribution in [-0.4, -0.2) is 82.1 Å². The molecular weight excluding hydrogens is 714 g/mol. The van der Waals surface area contributed by atoms with E-state index >= 15 is 4.79 Å². The first-order valence-corrected chi connectivity index (χ1v) is 18.4. The predicted octanol–water partition coefficient (Wildman–Crippen LogP) is 5.24. The third kappa shape index (κ3) is 6.74. The zero-order valence-electron chi connectivity index (χ0n) is 28.7. The summed E-state index contributed by atoms with van der Waals surface area (Å²) < 4.78 is 12.3. The lowest BCUT2D eigenvalue weighted by Gasteiger charge is -2.39. The first kappa shape index (κ1) is 36.5. The number of aliphatic hydroxyl groups excluding tert-OH is 1. The number of likely N-dealkylation sites (tertiary alicyclic amines) is 1. The minimum atomic E-state index is -1.34. The summed E-state index contributed by atoms with van der Waals surface area (Å²) in [6.07, 6.45) is 3.90. The number of nitrogens with zero attached hydrogens (tertiary/aromatic N) is 2. The molecular formula is C40H44BrN3O7. The van der Waals surface area contributed by atoms with Gasteiger partial charge in [0.2, 0.25) is 11.8 Å². The summed E-state index contributed by atoms with van der Waals surface area (Å²) in [4.78, 5) is 59.3. The Balaban J connectivity index is 1.36. The van der Waals surface area contributed by atoms with Crippen LogP contribution in [0.2, 0.25) is 0 Å². The van der Waals surface area contributed by atoms with Crippen LogP contribution in [0.1, 0.15) is 44.2 Å². The Hall–Kier alpha value is -4.32. The Morgan fingerprint density at radius 2 is 1.82 bits per heavy atom. The summed E-state index contributed by atoms with van der Waals surface area (Å²) in [6, 6.07) is 20.3. The van der Waals surface area contributed by atoms with Gasteiger partial charge in [-0.25, -0.2) is 0 Å². The molecule has 6 rings (SSSR count). The SMILES string of the molecule is C=CCCC(=O)OC[C@H](NC(=O)[C@H]1[C@@H]2O[C@@]3(CC2Br)[C@@H]1C(=O)N([C@@H](CC)CO)[C@@H]3C(=O)N(CC=C)c1ccc2ccccc2c1)c1ccccc1. The first-order chi connectivity index (χ1) is 24.7. The van der Waals surface area contributed by atoms with Crippen molar-refractivity contribution in [2.24, 2.45) is 11.8 Å². The van der Waals surface area contributed by atoms with E-state index in [2.05, 4.69) is 34.4 Å². The largest absolute Gasteiger partial charge is 0.463 e. The quantitative estimate of drug-likeness (QED) is 0.123. The predicted molar refractivity (Wildman–Crippen MR) is 198 cm³/mol. The van der Waals surface area contributed by atoms with E-state index in [-0.39, 0.29) is 36.9 Å². The number of amides is 3. The Labute approximate surface area is 306 Å². The Kier molecular flexibility index (Phi) is 11.1. The van der Waals surface area contributed by atoms with Crippen LogP contribution in [0.15, 0.2) is 98.1 Å². The second-order valence-corrected chi connectivity index (χ2v) is 14.6. The van der Waals surface area contributed by atoms with E-state index in [0.29, 0.717) is 24.9 Å². The highest BCUT2D eigenvalue weighted by atomic mass is 79.9. The fourth-order valence-electron chi connectivity index (χ4n) is 8.04. The minimum absolute atomic E-state index is 0.108. The highest BCUT2D eigenvalue weighted by Gasteiger charge is 2.77. The summed E-state index contributed by atoms with van der Waals surface area (Å²) in [5.41, 5.74) is 0.0204. The Bertz CT molecular complexity index is 1800. The van der Waals surface area contributed by atoms with Crippen molar-refractivity contribution in [1.29, 1.82) is 0 Å². The number of alkyl halides is 1. The van der Waals surface area contributed by atoms with E-state index < -0.39 is 59.5 Å². The number of benzene rings is 3. The fourth-order valence-corrected chi connectivity index (χ4v) is 8.98. The average Bonchev–Trinajstić information content (AvgIpc) is 3.75. The van der Waals surface area contributed by atoms with Crippen molar-refractivity contribution in [3.63, 3.8) is 0 Å². The van der Waals surface area contributed by atoms with Gasteiger partial charge in [0, 0.05) is 23.5 Å². The van der Waals surface area contributed by atoms with Crippen molar-refractivity contribution >= 4 is 56.1 Å². The van der Waals surface area contributed by atoms with Gasteiger partial charge in [0.05, 0.1) is 36.6 Å². The van der Waals surface area contributed by atoms with Gasteiger partial charge in [0.15, 0.2) is 0 Å². The van der Waals surface area contributed by atoms with Crippen molar-refractivity contribution in [3.8, 4) is 0 Å². The molecule has 3 fully saturated rings. The van der Waals surface area contributed by atoms with Gasteiger partial charge in [0.25, 0.3) is 5.91 Å². The van der Waals surface area contributed by atoms with Crippen LogP contribution >= 0.6 is 15.9 Å². The van der Waals surface area contributed by atoms with Crippen LogP contribution in [0, 0.1) is 11.8 Å². The third-order valence-electron chi connectivity index (χ3n) is 10.4. The van der Waals surface area contributed by atoms with Gasteiger partial charge in [-0.05, 0) is 47.7 Å². The molecule has 0 aliphatic carbocycles. The number of anilines is 1. The van der Waals surface area contributed by atoms with Crippen LogP contribution in [0.3, 0.4) is 0 Å². The van der Waals surface area contributed by atoms with E-state index in [9.17, 15) is 19.5 Å². The summed E-state index contributed by atoms with van der Waals surface area (Å²) in [7, 11) is 0. The van der Waals surface area contributed by atoms with Crippen LogP contribution in [0.25, 0.3) is 10.8 Å². The zero-order chi connectivity index (χ0) is 36.3. The number of fused-ring (bicyclic) bond motifs is 2. The molecule has 10 nitrogen and oxygen atoms in total. The molecule has 0 aromatic heterocycles. The van der Waals surface area contributed by atoms with Crippen LogP contribution in [-0.2, 0) is 28.7 Å². The lowest BCUT2D eigenvalue weighted by atomic mass is 9.70. The molecule has 2 N–H and O–H groups in total. The maximum atomic E-state index is 15.0. The molecule has 51 heavy (non-hydrogen) atoms. The van der Waals surface area contributed by atoms with Crippen molar-refractivity contribution in [3.05, 3.63) is 104 Å². The number of hydrogen-bond acceptors (Lipinski definition) is 7. The molecule has 1 spiro atoms. The number of allylic oxidation sites excluding steroid dienone is 1. The van der Waals surface area contributed by atoms with Gasteiger partial charge in [-0.15, -0.1) is 13.2 Å². The molecule has 1 unspecified atom stereocenters. The van der Waals surface area contributed by atoms with Gasteiger partial charge in [-0.2, -0.15) is 0 Å². The first-order valence-electron chi connectivity index (χ1n) is 17.5. The number of ether oxygens (including phenoxy) is 2. The maximum Gasteiger partial charge on any atom is 0.306 e. The van der Waals surface area contributed by atoms with E-state index in [1.54, 1.807) is 17.1 Å². The molecule has 3 heterocycles. The van der Waals surface area contributed by atoms with E-state index in [1.807, 2.05) is 79.7 Å². The minimum Gasteiger partial charge on any atom is -0.463 e. The van der Waals surface area contributed by atoms with Gasteiger partial charge in [0.1, 0.15) is 18.2 Å². The van der Waals surface area contributed by atoms with Gasteiger partial charge in [-0.1, -0.05) is 95.7 Å². The van der Waals surface area contributed by atoms with Gasteiger partial charge in [-0.3, -0.25) is 19.2 Å². The van der Waals surface area contributed by atoms with E-state index in [1.165, 1.54) is 4.90 Å². The molecule has 3 saturated heterocycles. The number of rotatable bonds is 15. The molecule has 3 amide bonds. The summed E-state index contributed by atoms with van der Waals surface area (Å²) in [5, 5.41) is 15.6. The van der Waals surface area contributed by atoms with Gasteiger partial charge >= 0.3 is 5.97 Å². The van der Waals surface area contributed by atoms with Crippen molar-refractivity contribution in [2.75, 3.05) is 24.7 Å². The lowest BCUT2D eigenvalue weighted by molar-refractivity contribution is -0.146. The van der Waals surface area contributed by atoms with Crippen LogP contribution < -0.4 is 10.2 Å². The Morgan fingerprint density at radius 3 is 2.51 bits per heavy atom. The van der Waals surface area contributed by atoms with Gasteiger partial charge < -0.3 is 29.7 Å². The van der Waals surface area contributed by atoms with Crippen LogP contribution in [0.4, 0.5) is 5.69 Å². The van der Waals surface area contributed by atoms with Crippen LogP contribution in [0.5, 0.6) is 0 Å². The smallest absolute Gasteiger partial charge is 0.306 e. The second-order valence-electron chi connectivity index (χ2n) is 13.4. The summed E-state index contributed by atoms with van der Waals surface area (Å²) in [6.45, 7) is 9.11. The highest BCUT2D eigenvalue weighted by Crippen LogP contribution is 2.60. The normalized spacial score (nSPS) is 26.0. The number of halogens is 1. The summed E-state index contributed by atoms with van der Waals surface area (Å²) >= 11 is 3.75. The molecule has 0 saturated carbocycles. The molecule has 2 bridgehead atoms. The van der Waals surface area contributed by atoms with E-state index in [0.717, 1.165) is 16.3 Å². The molecule has 3 aromatic carbocycles. The topological polar surface area (TPSA) is 125 Å². The fraction of sp³-hybridized carbons (Fsp3) is 0.400. The highest BCUT2D eigenvalue weighted by molar-refractivity contribution is 9.09. The zero-order valence-corrected chi connectivity index (χ0v) is 30.2. The third-order valence-corrected chi connectivity index (χ3v) is 11.3. The molecule has 268 valence electrons. The monoisotopic (exact) mass is 757 g/mol. The summed E-state index contributed by atoms with van der Waals surface area (Å²) in [5.74, 6) is -3.57. The number of carbonyl (C=O) groups excluding carboxylic acids is 4. The standard InChI is InChI=1S/C40H44BrN3O7/c1-4-7-17-32(46)50-24-31(26-14-9-8-10-15-26)42-37(47)33-34-38(48)44(28(6-3)23-45)36(40(34)22-30(41)35(33)51-40)39(49)43(20-5-2)29-19-18-25-13-11-12-16-27(25)21-29/h4-5,8-16,18-19,21,28,30-31,33-36,45H,1-2,6-7,17,20,22-24H2,3H3,(H,42,47)/t28-,30?,31-,33+,34-,35+,36+,40-/m0/s1. The molecule has 3 aliphatic heterocycles. The number of carbonyl (C=O) groups is 4. The molecule has 8 atom stereocenters. The second kappa shape index (κ2) is 15.5. The number of aliphatic hydroxyl groups is 1. The van der Waals surface area contributed by atoms with E-state index in [4.69, 9.17) is 9.47 Å². The molecule has 3 aliphatic rings. The molecule has 0 radical (unpaired) electrons.